The number of anilines is 1. The molecular formula is C19H20N6O. The molecule has 0 saturated heterocycles. The van der Waals surface area contributed by atoms with Gasteiger partial charge in [0.25, 0.3) is 0 Å². The van der Waals surface area contributed by atoms with Crippen LogP contribution in [-0.4, -0.2) is 26.1 Å². The first-order valence-corrected chi connectivity index (χ1v) is 8.70. The number of nitrogens with zero attached hydrogens (tertiary/aromatic N) is 4. The molecule has 4 rings (SSSR count). The molecule has 3 aromatic rings. The van der Waals surface area contributed by atoms with Gasteiger partial charge in [-0.2, -0.15) is 4.80 Å². The standard InChI is InChI=1S/C19H20N6O/c20-15-9-10-16-14(11-15)7-4-8-17(16)21-18(26)12-25-23-19(22-24-25)13-5-2-1-3-6-13/h1-3,5-6,9-11,17H,4,7-8,12,20H2,(H,21,26). The molecule has 0 spiro atoms. The van der Waals surface area contributed by atoms with E-state index in [4.69, 9.17) is 5.73 Å². The van der Waals surface area contributed by atoms with E-state index < -0.39 is 0 Å². The van der Waals surface area contributed by atoms with Gasteiger partial charge in [0.15, 0.2) is 0 Å². The van der Waals surface area contributed by atoms with Gasteiger partial charge >= 0.3 is 0 Å². The molecule has 7 nitrogen and oxygen atoms in total. The second-order valence-corrected chi connectivity index (χ2v) is 6.48. The number of fused-ring (bicyclic) bond motifs is 1. The number of tetrazole rings is 1. The normalized spacial score (nSPS) is 16.1. The quantitative estimate of drug-likeness (QED) is 0.704. The summed E-state index contributed by atoms with van der Waals surface area (Å²) < 4.78 is 0. The molecule has 1 aliphatic rings. The third-order valence-electron chi connectivity index (χ3n) is 4.59. The van der Waals surface area contributed by atoms with Crippen LogP contribution in [-0.2, 0) is 17.8 Å². The summed E-state index contributed by atoms with van der Waals surface area (Å²) in [5.41, 5.74) is 9.86. The Labute approximate surface area is 151 Å². The molecule has 0 aliphatic heterocycles. The molecule has 1 aromatic heterocycles. The number of carbonyl (C=O) groups excluding carboxylic acids is 1. The van der Waals surface area contributed by atoms with E-state index in [0.29, 0.717) is 5.82 Å². The molecule has 0 bridgehead atoms. The highest BCUT2D eigenvalue weighted by molar-refractivity contribution is 5.76. The van der Waals surface area contributed by atoms with E-state index in [-0.39, 0.29) is 18.5 Å². The minimum atomic E-state index is -0.128. The Morgan fingerprint density at radius 1 is 1.23 bits per heavy atom. The minimum absolute atomic E-state index is 0.00367. The molecule has 132 valence electrons. The minimum Gasteiger partial charge on any atom is -0.399 e. The number of hydrogen-bond donors (Lipinski definition) is 2. The number of carbonyl (C=O) groups is 1. The molecule has 1 unspecified atom stereocenters. The van der Waals surface area contributed by atoms with Crippen LogP contribution in [0, 0.1) is 0 Å². The number of aromatic nitrogens is 4. The second-order valence-electron chi connectivity index (χ2n) is 6.48. The fourth-order valence-electron chi connectivity index (χ4n) is 3.37. The van der Waals surface area contributed by atoms with E-state index in [1.165, 1.54) is 10.4 Å². The molecular weight excluding hydrogens is 328 g/mol. The van der Waals surface area contributed by atoms with Crippen LogP contribution in [0.25, 0.3) is 11.4 Å². The van der Waals surface area contributed by atoms with E-state index in [9.17, 15) is 4.79 Å². The predicted molar refractivity (Wildman–Crippen MR) is 97.9 cm³/mol. The Bertz CT molecular complexity index is 921. The zero-order valence-electron chi connectivity index (χ0n) is 14.3. The van der Waals surface area contributed by atoms with Crippen LogP contribution in [0.15, 0.2) is 48.5 Å². The molecule has 1 amide bonds. The maximum Gasteiger partial charge on any atom is 0.244 e. The van der Waals surface area contributed by atoms with Crippen molar-refractivity contribution in [1.29, 1.82) is 0 Å². The van der Waals surface area contributed by atoms with Gasteiger partial charge in [-0.25, -0.2) is 0 Å². The monoisotopic (exact) mass is 348 g/mol. The third-order valence-corrected chi connectivity index (χ3v) is 4.59. The van der Waals surface area contributed by atoms with Gasteiger partial charge in [0.05, 0.1) is 6.04 Å². The highest BCUT2D eigenvalue weighted by Crippen LogP contribution is 2.30. The summed E-state index contributed by atoms with van der Waals surface area (Å²) in [6, 6.07) is 15.5. The van der Waals surface area contributed by atoms with E-state index in [1.54, 1.807) is 0 Å². The van der Waals surface area contributed by atoms with Gasteiger partial charge in [0.2, 0.25) is 11.7 Å². The zero-order valence-corrected chi connectivity index (χ0v) is 14.3. The molecule has 3 N–H and O–H groups in total. The number of hydrogen-bond acceptors (Lipinski definition) is 5. The number of amides is 1. The lowest BCUT2D eigenvalue weighted by Gasteiger charge is -2.26. The third kappa shape index (κ3) is 3.42. The molecule has 0 saturated carbocycles. The van der Waals surface area contributed by atoms with Crippen LogP contribution in [0.3, 0.4) is 0 Å². The van der Waals surface area contributed by atoms with Crippen LogP contribution < -0.4 is 11.1 Å². The Kier molecular flexibility index (Phi) is 4.35. The summed E-state index contributed by atoms with van der Waals surface area (Å²) >= 11 is 0. The molecule has 26 heavy (non-hydrogen) atoms. The van der Waals surface area contributed by atoms with Crippen molar-refractivity contribution in [3.05, 3.63) is 59.7 Å². The number of nitrogens with one attached hydrogen (secondary N) is 1. The maximum absolute atomic E-state index is 12.4. The first-order valence-electron chi connectivity index (χ1n) is 8.70. The Morgan fingerprint density at radius 3 is 2.92 bits per heavy atom. The van der Waals surface area contributed by atoms with Crippen LogP contribution in [0.1, 0.15) is 30.0 Å². The summed E-state index contributed by atoms with van der Waals surface area (Å²) in [6.07, 6.45) is 2.95. The average Bonchev–Trinajstić information content (AvgIpc) is 3.11. The highest BCUT2D eigenvalue weighted by Gasteiger charge is 2.22. The van der Waals surface area contributed by atoms with Crippen molar-refractivity contribution in [1.82, 2.24) is 25.5 Å². The lowest BCUT2D eigenvalue weighted by molar-refractivity contribution is -0.122. The second kappa shape index (κ2) is 6.95. The van der Waals surface area contributed by atoms with Gasteiger partial charge < -0.3 is 11.1 Å². The van der Waals surface area contributed by atoms with E-state index >= 15 is 0 Å². The largest absolute Gasteiger partial charge is 0.399 e. The van der Waals surface area contributed by atoms with Gasteiger partial charge in [-0.3, -0.25) is 4.79 Å². The number of benzene rings is 2. The smallest absolute Gasteiger partial charge is 0.244 e. The molecule has 0 radical (unpaired) electrons. The number of rotatable bonds is 4. The summed E-state index contributed by atoms with van der Waals surface area (Å²) in [6.45, 7) is 0.0423. The number of nitrogen functional groups attached to an aromatic ring is 1. The van der Waals surface area contributed by atoms with Crippen molar-refractivity contribution in [2.75, 3.05) is 5.73 Å². The van der Waals surface area contributed by atoms with Crippen LogP contribution in [0.2, 0.25) is 0 Å². The van der Waals surface area contributed by atoms with Crippen molar-refractivity contribution in [3.63, 3.8) is 0 Å². The molecule has 1 heterocycles. The fraction of sp³-hybridized carbons (Fsp3) is 0.263. The lowest BCUT2D eigenvalue weighted by Crippen LogP contribution is -2.34. The van der Waals surface area contributed by atoms with Gasteiger partial charge in [-0.15, -0.1) is 10.2 Å². The lowest BCUT2D eigenvalue weighted by atomic mass is 9.87. The zero-order chi connectivity index (χ0) is 17.9. The Morgan fingerprint density at radius 2 is 2.08 bits per heavy atom. The molecule has 0 fully saturated rings. The van der Waals surface area contributed by atoms with E-state index in [0.717, 1.165) is 36.1 Å². The van der Waals surface area contributed by atoms with Crippen molar-refractivity contribution in [3.8, 4) is 11.4 Å². The predicted octanol–water partition coefficient (Wildman–Crippen LogP) is 2.12. The van der Waals surface area contributed by atoms with Crippen molar-refractivity contribution >= 4 is 11.6 Å². The maximum atomic E-state index is 12.4. The van der Waals surface area contributed by atoms with Crippen molar-refractivity contribution in [2.24, 2.45) is 0 Å². The van der Waals surface area contributed by atoms with Crippen molar-refractivity contribution < 1.29 is 4.79 Å². The molecule has 2 aromatic carbocycles. The Hall–Kier alpha value is -3.22. The van der Waals surface area contributed by atoms with Gasteiger partial charge in [0, 0.05) is 11.3 Å². The van der Waals surface area contributed by atoms with Crippen molar-refractivity contribution in [2.45, 2.75) is 31.8 Å². The summed E-state index contributed by atoms with van der Waals surface area (Å²) in [5.74, 6) is 0.383. The van der Waals surface area contributed by atoms with E-state index in [2.05, 4.69) is 20.7 Å². The highest BCUT2D eigenvalue weighted by atomic mass is 16.2. The summed E-state index contributed by atoms with van der Waals surface area (Å²) in [7, 11) is 0. The van der Waals surface area contributed by atoms with Gasteiger partial charge in [-0.1, -0.05) is 36.4 Å². The molecule has 7 heteroatoms. The molecule has 1 aliphatic carbocycles. The summed E-state index contributed by atoms with van der Waals surface area (Å²) in [4.78, 5) is 13.8. The SMILES string of the molecule is Nc1ccc2c(c1)CCCC2NC(=O)Cn1nnc(-c2ccccc2)n1. The first-order chi connectivity index (χ1) is 12.7. The first kappa shape index (κ1) is 16.3. The topological polar surface area (TPSA) is 98.7 Å². The fourth-order valence-corrected chi connectivity index (χ4v) is 3.37. The van der Waals surface area contributed by atoms with Gasteiger partial charge in [0.1, 0.15) is 6.54 Å². The number of nitrogens with two attached hydrogens (primary N) is 1. The summed E-state index contributed by atoms with van der Waals surface area (Å²) in [5, 5.41) is 15.4. The average molecular weight is 348 g/mol. The van der Waals surface area contributed by atoms with E-state index in [1.807, 2.05) is 48.5 Å². The van der Waals surface area contributed by atoms with Crippen LogP contribution in [0.5, 0.6) is 0 Å². The van der Waals surface area contributed by atoms with Crippen LogP contribution >= 0.6 is 0 Å². The number of aryl methyl sites for hydroxylation is 1. The van der Waals surface area contributed by atoms with Crippen LogP contribution in [0.4, 0.5) is 5.69 Å². The Balaban J connectivity index is 1.43. The van der Waals surface area contributed by atoms with Gasteiger partial charge in [-0.05, 0) is 47.7 Å². The molecule has 1 atom stereocenters.